The molecule has 4 amide bonds. The van der Waals surface area contributed by atoms with Crippen LogP contribution < -0.4 is 14.7 Å². The second-order valence-corrected chi connectivity index (χ2v) is 11.7. The predicted molar refractivity (Wildman–Crippen MR) is 154 cm³/mol. The zero-order valence-corrected chi connectivity index (χ0v) is 23.6. The van der Waals surface area contributed by atoms with Crippen LogP contribution in [-0.4, -0.2) is 53.9 Å². The quantitative estimate of drug-likeness (QED) is 0.428. The molecule has 5 rings (SSSR count). The van der Waals surface area contributed by atoms with Crippen LogP contribution in [0.15, 0.2) is 60.8 Å². The fourth-order valence-electron chi connectivity index (χ4n) is 5.47. The summed E-state index contributed by atoms with van der Waals surface area (Å²) in [5.74, 6) is -0.363. The van der Waals surface area contributed by atoms with Gasteiger partial charge >= 0.3 is 6.03 Å². The number of benzene rings is 2. The number of fused-ring (bicyclic) bond motifs is 1. The monoisotopic (exact) mass is 525 g/mol. The molecule has 0 unspecified atom stereocenters. The van der Waals surface area contributed by atoms with Gasteiger partial charge in [0.25, 0.3) is 5.91 Å². The lowest BCUT2D eigenvalue weighted by Gasteiger charge is -2.27. The summed E-state index contributed by atoms with van der Waals surface area (Å²) in [6, 6.07) is 17.1. The van der Waals surface area contributed by atoms with Crippen LogP contribution in [0.2, 0.25) is 0 Å². The molecule has 1 fully saturated rings. The zero-order valence-electron chi connectivity index (χ0n) is 23.6. The topological polar surface area (TPSA) is 77.1 Å². The number of anilines is 3. The van der Waals surface area contributed by atoms with E-state index in [1.807, 2.05) is 67.5 Å². The second kappa shape index (κ2) is 9.22. The number of aromatic nitrogens is 1. The molecule has 202 valence electrons. The van der Waals surface area contributed by atoms with Gasteiger partial charge in [0, 0.05) is 62.7 Å². The molecule has 0 radical (unpaired) electrons. The Hall–Kier alpha value is -4.20. The summed E-state index contributed by atoms with van der Waals surface area (Å²) in [4.78, 5) is 50.9. The lowest BCUT2D eigenvalue weighted by molar-refractivity contribution is -0.123. The smallest absolute Gasteiger partial charge is 0.332 e. The van der Waals surface area contributed by atoms with Gasteiger partial charge in [0.05, 0.1) is 11.4 Å². The highest BCUT2D eigenvalue weighted by Crippen LogP contribution is 2.44. The van der Waals surface area contributed by atoms with Crippen LogP contribution in [0.5, 0.6) is 0 Å². The number of nitrogens with zero attached hydrogens (tertiary/aromatic N) is 5. The van der Waals surface area contributed by atoms with Gasteiger partial charge in [-0.3, -0.25) is 14.6 Å². The Morgan fingerprint density at radius 3 is 2.31 bits per heavy atom. The van der Waals surface area contributed by atoms with Crippen molar-refractivity contribution >= 4 is 34.9 Å². The average molecular weight is 526 g/mol. The summed E-state index contributed by atoms with van der Waals surface area (Å²) < 4.78 is 0. The molecule has 3 aromatic rings. The Kier molecular flexibility index (Phi) is 6.24. The second-order valence-electron chi connectivity index (χ2n) is 11.7. The van der Waals surface area contributed by atoms with Crippen LogP contribution in [-0.2, 0) is 21.5 Å². The molecule has 1 saturated heterocycles. The normalized spacial score (nSPS) is 17.6. The maximum atomic E-state index is 13.8. The van der Waals surface area contributed by atoms with Gasteiger partial charge in [-0.15, -0.1) is 0 Å². The van der Waals surface area contributed by atoms with Crippen molar-refractivity contribution < 1.29 is 14.4 Å². The molecule has 0 aliphatic carbocycles. The number of amides is 4. The van der Waals surface area contributed by atoms with E-state index >= 15 is 0 Å². The lowest BCUT2D eigenvalue weighted by Crippen LogP contribution is -2.43. The van der Waals surface area contributed by atoms with Crippen LogP contribution in [0, 0.1) is 0 Å². The Morgan fingerprint density at radius 2 is 1.67 bits per heavy atom. The number of carbonyl (C=O) groups is 3. The minimum absolute atomic E-state index is 0.0650. The molecule has 3 heterocycles. The van der Waals surface area contributed by atoms with Gasteiger partial charge in [-0.2, -0.15) is 0 Å². The summed E-state index contributed by atoms with van der Waals surface area (Å²) >= 11 is 0. The van der Waals surface area contributed by atoms with Crippen molar-refractivity contribution in [2.45, 2.75) is 52.1 Å². The summed E-state index contributed by atoms with van der Waals surface area (Å²) in [6.45, 7) is 10.1. The van der Waals surface area contributed by atoms with Crippen LogP contribution in [0.4, 0.5) is 21.9 Å². The number of hydrogen-bond acceptors (Lipinski definition) is 5. The van der Waals surface area contributed by atoms with Crippen molar-refractivity contribution in [2.24, 2.45) is 0 Å². The molecule has 1 aromatic heterocycles. The van der Waals surface area contributed by atoms with Gasteiger partial charge in [0.2, 0.25) is 5.91 Å². The van der Waals surface area contributed by atoms with Gasteiger partial charge in [0.15, 0.2) is 0 Å². The standard InChI is InChI=1S/C31H35N5O3/c1-20(37)34-19-30(2,3)25-13-12-24(17-27(25)34)36-28(38)31(4,5)35(29(36)39)18-21-14-15-32-26(16-21)22-8-10-23(11-9-22)33(6)7/h8-17H,18-19H2,1-7H3. The minimum Gasteiger partial charge on any atom is -0.378 e. The van der Waals surface area contributed by atoms with Crippen LogP contribution in [0.3, 0.4) is 0 Å². The number of carbonyl (C=O) groups excluding carboxylic acids is 3. The van der Waals surface area contributed by atoms with Crippen molar-refractivity contribution in [1.29, 1.82) is 0 Å². The van der Waals surface area contributed by atoms with Crippen molar-refractivity contribution in [3.63, 3.8) is 0 Å². The van der Waals surface area contributed by atoms with Gasteiger partial charge in [0.1, 0.15) is 5.54 Å². The summed E-state index contributed by atoms with van der Waals surface area (Å²) in [6.07, 6.45) is 1.73. The van der Waals surface area contributed by atoms with Gasteiger partial charge in [-0.1, -0.05) is 32.0 Å². The van der Waals surface area contributed by atoms with Crippen molar-refractivity contribution in [3.05, 3.63) is 71.9 Å². The third kappa shape index (κ3) is 4.43. The predicted octanol–water partition coefficient (Wildman–Crippen LogP) is 5.21. The van der Waals surface area contributed by atoms with E-state index in [-0.39, 0.29) is 29.8 Å². The Labute approximate surface area is 229 Å². The van der Waals surface area contributed by atoms with Crippen LogP contribution in [0.25, 0.3) is 11.3 Å². The number of urea groups is 1. The molecule has 8 heteroatoms. The number of hydrogen-bond donors (Lipinski definition) is 0. The van der Waals surface area contributed by atoms with E-state index in [2.05, 4.69) is 18.8 Å². The van der Waals surface area contributed by atoms with E-state index in [1.165, 1.54) is 11.8 Å². The molecule has 0 saturated carbocycles. The van der Waals surface area contributed by atoms with Crippen LogP contribution >= 0.6 is 0 Å². The molecule has 2 aliphatic heterocycles. The number of rotatable bonds is 5. The first-order valence-electron chi connectivity index (χ1n) is 13.1. The molecule has 0 spiro atoms. The number of pyridine rings is 1. The first-order valence-corrected chi connectivity index (χ1v) is 13.1. The molecular formula is C31H35N5O3. The largest absolute Gasteiger partial charge is 0.378 e. The number of imide groups is 1. The summed E-state index contributed by atoms with van der Waals surface area (Å²) in [5.41, 5.74) is 4.74. The summed E-state index contributed by atoms with van der Waals surface area (Å²) in [5, 5.41) is 0. The Morgan fingerprint density at radius 1 is 0.974 bits per heavy atom. The van der Waals surface area contributed by atoms with Crippen molar-refractivity contribution in [3.8, 4) is 11.3 Å². The molecule has 39 heavy (non-hydrogen) atoms. The fraction of sp³-hybridized carbons (Fsp3) is 0.355. The maximum Gasteiger partial charge on any atom is 0.332 e. The third-order valence-electron chi connectivity index (χ3n) is 7.86. The summed E-state index contributed by atoms with van der Waals surface area (Å²) in [7, 11) is 3.99. The first kappa shape index (κ1) is 26.4. The highest BCUT2D eigenvalue weighted by molar-refractivity contribution is 6.23. The fourth-order valence-corrected chi connectivity index (χ4v) is 5.47. The van der Waals surface area contributed by atoms with Gasteiger partial charge in [-0.05, 0) is 61.4 Å². The zero-order chi connectivity index (χ0) is 28.3. The first-order chi connectivity index (χ1) is 18.3. The Balaban J connectivity index is 1.44. The highest BCUT2D eigenvalue weighted by Gasteiger charge is 2.52. The molecular weight excluding hydrogens is 490 g/mol. The maximum absolute atomic E-state index is 13.8. The van der Waals surface area contributed by atoms with E-state index in [9.17, 15) is 14.4 Å². The van der Waals surface area contributed by atoms with Crippen LogP contribution in [0.1, 0.15) is 45.7 Å². The van der Waals surface area contributed by atoms with E-state index in [4.69, 9.17) is 0 Å². The molecule has 2 aliphatic rings. The average Bonchev–Trinajstić information content (AvgIpc) is 3.26. The Bertz CT molecular complexity index is 1480. The van der Waals surface area contributed by atoms with Crippen molar-refractivity contribution in [1.82, 2.24) is 9.88 Å². The molecule has 0 bridgehead atoms. The van der Waals surface area contributed by atoms with E-state index < -0.39 is 5.54 Å². The molecule has 8 nitrogen and oxygen atoms in total. The molecule has 0 atom stereocenters. The minimum atomic E-state index is -1.05. The van der Waals surface area contributed by atoms with Gasteiger partial charge in [-0.25, -0.2) is 9.69 Å². The van der Waals surface area contributed by atoms with E-state index in [1.54, 1.807) is 35.9 Å². The SMILES string of the molecule is CC(=O)N1CC(C)(C)c2ccc(N3C(=O)N(Cc4ccnc(-c5ccc(N(C)C)cc5)c4)C(C)(C)C3=O)cc21. The third-order valence-corrected chi connectivity index (χ3v) is 7.86. The lowest BCUT2D eigenvalue weighted by atomic mass is 9.87. The van der Waals surface area contributed by atoms with Crippen molar-refractivity contribution in [2.75, 3.05) is 35.3 Å². The van der Waals surface area contributed by atoms with Gasteiger partial charge < -0.3 is 14.7 Å². The molecule has 2 aromatic carbocycles. The highest BCUT2D eigenvalue weighted by atomic mass is 16.2. The van der Waals surface area contributed by atoms with E-state index in [0.29, 0.717) is 12.2 Å². The van der Waals surface area contributed by atoms with E-state index in [0.717, 1.165) is 33.8 Å². The molecule has 0 N–H and O–H groups in total.